The molecule has 0 aromatic carbocycles. The minimum absolute atomic E-state index is 0.101. The van der Waals surface area contributed by atoms with Gasteiger partial charge in [0.1, 0.15) is 24.6 Å². The second-order valence-electron chi connectivity index (χ2n) is 6.84. The Morgan fingerprint density at radius 3 is 2.85 bits per heavy atom. The first-order chi connectivity index (χ1) is 15.8. The molecule has 4 heterocycles. The lowest BCUT2D eigenvalue weighted by Crippen LogP contribution is -2.53. The SMILES string of the molecule is CCO/N=C(/C(=O)N[C@H]1[C@@H](O)[C@H](n2cnc3c(N)ncnc32)O[C@@H]1C(=O)O)C1N=C(N)SN1. The topological polar surface area (TPSA) is 237 Å². The van der Waals surface area contributed by atoms with E-state index >= 15 is 0 Å². The first kappa shape index (κ1) is 22.6. The predicted octanol–water partition coefficient (Wildman–Crippen LogP) is -2.48. The van der Waals surface area contributed by atoms with Crippen molar-refractivity contribution in [3.8, 4) is 0 Å². The average molecular weight is 480 g/mol. The van der Waals surface area contributed by atoms with Crippen LogP contribution in [0, 0.1) is 0 Å². The van der Waals surface area contributed by atoms with Gasteiger partial charge in [0.15, 0.2) is 40.8 Å². The number of aromatic nitrogens is 4. The van der Waals surface area contributed by atoms with Crippen LogP contribution in [0.5, 0.6) is 0 Å². The molecule has 8 N–H and O–H groups in total. The van der Waals surface area contributed by atoms with Gasteiger partial charge < -0.3 is 36.6 Å². The van der Waals surface area contributed by atoms with E-state index in [0.717, 1.165) is 11.9 Å². The van der Waals surface area contributed by atoms with E-state index in [1.54, 1.807) is 6.92 Å². The van der Waals surface area contributed by atoms with E-state index in [0.29, 0.717) is 0 Å². The largest absolute Gasteiger partial charge is 0.479 e. The number of amides is 1. The minimum Gasteiger partial charge on any atom is -0.479 e. The smallest absolute Gasteiger partial charge is 0.335 e. The van der Waals surface area contributed by atoms with E-state index in [1.165, 1.54) is 17.2 Å². The molecule has 16 nitrogen and oxygen atoms in total. The number of hydrogen-bond donors (Lipinski definition) is 6. The lowest BCUT2D eigenvalue weighted by Gasteiger charge is -2.21. The van der Waals surface area contributed by atoms with Crippen LogP contribution < -0.4 is 21.5 Å². The number of aliphatic hydroxyl groups is 1. The van der Waals surface area contributed by atoms with Crippen LogP contribution in [0.15, 0.2) is 22.8 Å². The Bertz CT molecular complexity index is 1140. The summed E-state index contributed by atoms with van der Waals surface area (Å²) in [5.41, 5.74) is 11.7. The molecule has 1 fully saturated rings. The number of fused-ring (bicyclic) bond motifs is 1. The number of carbonyl (C=O) groups excluding carboxylic acids is 1. The highest BCUT2D eigenvalue weighted by Crippen LogP contribution is 2.32. The van der Waals surface area contributed by atoms with Crippen molar-refractivity contribution in [1.29, 1.82) is 0 Å². The Labute approximate surface area is 189 Å². The standard InChI is InChI=1S/C16H20N10O6S/c1-2-31-24-7(11-23-16(18)33-25-11)13(28)22-5-8(27)14(32-9(5)15(29)30)26-4-21-6-10(17)19-3-20-12(6)26/h3-5,8-9,11,14,25,27H,2H2,1H3,(H2,18,23)(H,22,28)(H,29,30)(H2,17,19,20)/b24-7+/t5-,8+,9-,11?,14+/m0/s1. The van der Waals surface area contributed by atoms with Crippen LogP contribution in [0.2, 0.25) is 0 Å². The van der Waals surface area contributed by atoms with Crippen LogP contribution in [0.1, 0.15) is 13.2 Å². The molecule has 2 aliphatic rings. The van der Waals surface area contributed by atoms with Gasteiger partial charge in [0.25, 0.3) is 5.91 Å². The fourth-order valence-electron chi connectivity index (χ4n) is 3.32. The maximum Gasteiger partial charge on any atom is 0.335 e. The Hall–Kier alpha value is -3.54. The highest BCUT2D eigenvalue weighted by atomic mass is 32.2. The summed E-state index contributed by atoms with van der Waals surface area (Å²) in [5.74, 6) is -2.13. The van der Waals surface area contributed by atoms with Gasteiger partial charge in [0, 0.05) is 0 Å². The monoisotopic (exact) mass is 480 g/mol. The second-order valence-corrected chi connectivity index (χ2v) is 7.70. The Morgan fingerprint density at radius 1 is 1.39 bits per heavy atom. The Morgan fingerprint density at radius 2 is 2.18 bits per heavy atom. The molecule has 2 aromatic heterocycles. The second kappa shape index (κ2) is 9.14. The number of aliphatic imine (C=N–C) groups is 1. The van der Waals surface area contributed by atoms with Gasteiger partial charge in [-0.05, 0) is 18.9 Å². The number of nitrogens with zero attached hydrogens (tertiary/aromatic N) is 6. The molecule has 0 radical (unpaired) electrons. The van der Waals surface area contributed by atoms with Crippen molar-refractivity contribution in [1.82, 2.24) is 29.6 Å². The number of anilines is 1. The highest BCUT2D eigenvalue weighted by Gasteiger charge is 2.50. The molecule has 33 heavy (non-hydrogen) atoms. The first-order valence-corrected chi connectivity index (χ1v) is 10.4. The van der Waals surface area contributed by atoms with Crippen molar-refractivity contribution in [2.24, 2.45) is 15.9 Å². The minimum atomic E-state index is -1.60. The van der Waals surface area contributed by atoms with E-state index in [1.807, 2.05) is 0 Å². The van der Waals surface area contributed by atoms with E-state index in [4.69, 9.17) is 21.0 Å². The van der Waals surface area contributed by atoms with Gasteiger partial charge in [-0.3, -0.25) is 9.36 Å². The van der Waals surface area contributed by atoms with Crippen LogP contribution in [0.25, 0.3) is 11.2 Å². The highest BCUT2D eigenvalue weighted by molar-refractivity contribution is 8.12. The molecular weight excluding hydrogens is 460 g/mol. The number of amidine groups is 1. The van der Waals surface area contributed by atoms with Gasteiger partial charge in [-0.1, -0.05) is 5.16 Å². The van der Waals surface area contributed by atoms with Crippen LogP contribution in [0.4, 0.5) is 5.82 Å². The number of carboxylic acid groups (broad SMARTS) is 1. The molecular formula is C16H20N10O6S. The fraction of sp³-hybridized carbons (Fsp3) is 0.438. The lowest BCUT2D eigenvalue weighted by atomic mass is 10.1. The molecule has 0 aliphatic carbocycles. The number of aliphatic carboxylic acids is 1. The maximum atomic E-state index is 13.0. The summed E-state index contributed by atoms with van der Waals surface area (Å²) in [5, 5.41) is 27.0. The van der Waals surface area contributed by atoms with E-state index in [-0.39, 0.29) is 34.5 Å². The number of hydrogen-bond acceptors (Lipinski definition) is 14. The Balaban J connectivity index is 1.61. The van der Waals surface area contributed by atoms with E-state index < -0.39 is 42.5 Å². The first-order valence-electron chi connectivity index (χ1n) is 9.57. The third-order valence-corrected chi connectivity index (χ3v) is 5.45. The summed E-state index contributed by atoms with van der Waals surface area (Å²) in [6.45, 7) is 1.84. The van der Waals surface area contributed by atoms with Crippen molar-refractivity contribution in [3.05, 3.63) is 12.7 Å². The molecule has 2 aliphatic heterocycles. The van der Waals surface area contributed by atoms with Crippen LogP contribution in [0.3, 0.4) is 0 Å². The Kier molecular flexibility index (Phi) is 6.27. The summed E-state index contributed by atoms with van der Waals surface area (Å²) >= 11 is 0.995. The molecule has 5 atom stereocenters. The summed E-state index contributed by atoms with van der Waals surface area (Å²) in [7, 11) is 0. The normalized spacial score (nSPS) is 27.5. The third kappa shape index (κ3) is 4.25. The van der Waals surface area contributed by atoms with E-state index in [9.17, 15) is 19.8 Å². The number of imidazole rings is 1. The molecule has 0 bridgehead atoms. The fourth-order valence-corrected chi connectivity index (χ4v) is 3.87. The van der Waals surface area contributed by atoms with Gasteiger partial charge >= 0.3 is 5.97 Å². The third-order valence-electron chi connectivity index (χ3n) is 4.79. The zero-order chi connectivity index (χ0) is 23.7. The van der Waals surface area contributed by atoms with Crippen LogP contribution in [-0.4, -0.2) is 83.5 Å². The van der Waals surface area contributed by atoms with Gasteiger partial charge in [-0.2, -0.15) is 0 Å². The number of nitrogens with two attached hydrogens (primary N) is 2. The molecule has 1 amide bonds. The van der Waals surface area contributed by atoms with E-state index in [2.05, 4.69) is 35.1 Å². The number of ether oxygens (including phenoxy) is 1. The van der Waals surface area contributed by atoms with Crippen molar-refractivity contribution < 1.29 is 29.4 Å². The summed E-state index contributed by atoms with van der Waals surface area (Å²) in [6, 6.07) is -1.36. The summed E-state index contributed by atoms with van der Waals surface area (Å²) in [6.07, 6.45) is -2.80. The van der Waals surface area contributed by atoms with Crippen LogP contribution >= 0.6 is 11.9 Å². The summed E-state index contributed by atoms with van der Waals surface area (Å²) in [4.78, 5) is 45.8. The quantitative estimate of drug-likeness (QED) is 0.137. The molecule has 1 unspecified atom stereocenters. The molecule has 4 rings (SSSR count). The predicted molar refractivity (Wildman–Crippen MR) is 114 cm³/mol. The lowest BCUT2D eigenvalue weighted by molar-refractivity contribution is -0.152. The van der Waals surface area contributed by atoms with Gasteiger partial charge in [0.2, 0.25) is 0 Å². The number of rotatable bonds is 7. The zero-order valence-corrected chi connectivity index (χ0v) is 17.8. The molecule has 2 aromatic rings. The number of nitrogen functional groups attached to an aromatic ring is 1. The number of oxime groups is 1. The average Bonchev–Trinajstić information content (AvgIpc) is 3.47. The van der Waals surface area contributed by atoms with Crippen LogP contribution in [-0.2, 0) is 19.2 Å². The van der Waals surface area contributed by atoms with Gasteiger partial charge in [-0.25, -0.2) is 29.5 Å². The number of carboxylic acids is 1. The molecule has 176 valence electrons. The van der Waals surface area contributed by atoms with Gasteiger partial charge in [-0.15, -0.1) is 0 Å². The molecule has 0 saturated carbocycles. The zero-order valence-electron chi connectivity index (χ0n) is 17.0. The summed E-state index contributed by atoms with van der Waals surface area (Å²) < 4.78 is 9.67. The van der Waals surface area contributed by atoms with Gasteiger partial charge in [0.05, 0.1) is 12.4 Å². The van der Waals surface area contributed by atoms with Crippen molar-refractivity contribution in [2.75, 3.05) is 12.3 Å². The van der Waals surface area contributed by atoms with Crippen molar-refractivity contribution >= 4 is 51.7 Å². The number of nitrogens with one attached hydrogen (secondary N) is 2. The van der Waals surface area contributed by atoms with Crippen molar-refractivity contribution in [2.45, 2.75) is 37.6 Å². The molecule has 0 spiro atoms. The number of carbonyl (C=O) groups is 2. The number of aliphatic hydroxyl groups excluding tert-OH is 1. The van der Waals surface area contributed by atoms with Crippen molar-refractivity contribution in [3.63, 3.8) is 0 Å². The maximum absolute atomic E-state index is 13.0. The molecule has 17 heteroatoms. The molecule has 1 saturated heterocycles.